The van der Waals surface area contributed by atoms with Gasteiger partial charge in [-0.15, -0.1) is 0 Å². The van der Waals surface area contributed by atoms with Gasteiger partial charge in [-0.3, -0.25) is 13.9 Å². The highest BCUT2D eigenvalue weighted by atomic mass is 35.5. The average molecular weight is 602 g/mol. The first kappa shape index (κ1) is 31.8. The molecule has 220 valence electrons. The first-order valence-electron chi connectivity index (χ1n) is 13.1. The van der Waals surface area contributed by atoms with Crippen LogP contribution in [0, 0.1) is 6.92 Å². The van der Waals surface area contributed by atoms with Crippen molar-refractivity contribution in [3.63, 3.8) is 0 Å². The number of aryl methyl sites for hydroxylation is 1. The Labute approximate surface area is 247 Å². The number of carbonyl (C=O) groups is 2. The van der Waals surface area contributed by atoms with Crippen LogP contribution >= 0.6 is 11.6 Å². The minimum atomic E-state index is -4.21. The van der Waals surface area contributed by atoms with E-state index >= 15 is 0 Å². The average Bonchev–Trinajstić information content (AvgIpc) is 2.97. The van der Waals surface area contributed by atoms with Crippen molar-refractivity contribution in [3.05, 3.63) is 82.9 Å². The molecule has 0 radical (unpaired) electrons. The van der Waals surface area contributed by atoms with Crippen LogP contribution in [0.1, 0.15) is 31.4 Å². The van der Waals surface area contributed by atoms with Gasteiger partial charge in [0.25, 0.3) is 10.0 Å². The van der Waals surface area contributed by atoms with E-state index in [0.717, 1.165) is 21.9 Å². The number of carbonyl (C=O) groups excluding carboxylic acids is 2. The van der Waals surface area contributed by atoms with Crippen LogP contribution in [0.3, 0.4) is 0 Å². The third-order valence-electron chi connectivity index (χ3n) is 6.53. The third kappa shape index (κ3) is 7.92. The predicted molar refractivity (Wildman–Crippen MR) is 160 cm³/mol. The molecule has 1 atom stereocenters. The molecule has 3 aromatic rings. The van der Waals surface area contributed by atoms with Crippen LogP contribution in [-0.4, -0.2) is 58.5 Å². The van der Waals surface area contributed by atoms with Crippen LogP contribution in [0.4, 0.5) is 5.69 Å². The first-order chi connectivity index (χ1) is 19.5. The smallest absolute Gasteiger partial charge is 0.264 e. The zero-order valence-electron chi connectivity index (χ0n) is 23.9. The Hall–Kier alpha value is -3.76. The lowest BCUT2D eigenvalue weighted by molar-refractivity contribution is -0.139. The monoisotopic (exact) mass is 601 g/mol. The lowest BCUT2D eigenvalue weighted by Crippen LogP contribution is -2.51. The molecule has 1 unspecified atom stereocenters. The maximum Gasteiger partial charge on any atom is 0.264 e. The number of hydrogen-bond acceptors (Lipinski definition) is 6. The highest BCUT2D eigenvalue weighted by Gasteiger charge is 2.33. The largest absolute Gasteiger partial charge is 0.493 e. The standard InChI is InChI=1S/C30H36ClN3O6S/c1-6-17-32-30(36)22(3)33(19-23-9-11-24(31)12-10-23)29(35)20-34(25-13-16-27(39-4)28(18-25)40-5)41(37,38)26-14-7-21(2)8-15-26/h7-16,18,22H,6,17,19-20H2,1-5H3,(H,32,36). The third-order valence-corrected chi connectivity index (χ3v) is 8.57. The first-order valence-corrected chi connectivity index (χ1v) is 15.0. The second kappa shape index (κ2) is 14.2. The molecule has 41 heavy (non-hydrogen) atoms. The van der Waals surface area contributed by atoms with Gasteiger partial charge in [-0.1, -0.05) is 48.4 Å². The molecule has 0 aliphatic heterocycles. The highest BCUT2D eigenvalue weighted by molar-refractivity contribution is 7.92. The summed E-state index contributed by atoms with van der Waals surface area (Å²) >= 11 is 6.04. The number of benzene rings is 3. The van der Waals surface area contributed by atoms with Crippen LogP contribution in [0.15, 0.2) is 71.6 Å². The molecule has 2 amide bonds. The number of methoxy groups -OCH3 is 2. The fraction of sp³-hybridized carbons (Fsp3) is 0.333. The molecular weight excluding hydrogens is 566 g/mol. The molecule has 0 saturated carbocycles. The number of halogens is 1. The second-order valence-corrected chi connectivity index (χ2v) is 11.8. The Morgan fingerprint density at radius 2 is 1.59 bits per heavy atom. The molecule has 0 aliphatic rings. The minimum absolute atomic E-state index is 0.0173. The van der Waals surface area contributed by atoms with E-state index in [1.807, 2.05) is 13.8 Å². The molecule has 0 spiro atoms. The summed E-state index contributed by atoms with van der Waals surface area (Å²) in [6, 6.07) is 17.0. The normalized spacial score (nSPS) is 11.9. The van der Waals surface area contributed by atoms with Gasteiger partial charge < -0.3 is 19.7 Å². The molecule has 0 aliphatic carbocycles. The van der Waals surface area contributed by atoms with Gasteiger partial charge in [-0.05, 0) is 62.2 Å². The van der Waals surface area contributed by atoms with Crippen molar-refractivity contribution in [2.24, 2.45) is 0 Å². The molecule has 3 aromatic carbocycles. The number of hydrogen-bond donors (Lipinski definition) is 1. The van der Waals surface area contributed by atoms with E-state index in [1.54, 1.807) is 55.5 Å². The van der Waals surface area contributed by atoms with Crippen LogP contribution < -0.4 is 19.1 Å². The van der Waals surface area contributed by atoms with Crippen LogP contribution in [-0.2, 0) is 26.2 Å². The Morgan fingerprint density at radius 3 is 2.17 bits per heavy atom. The van der Waals surface area contributed by atoms with E-state index in [1.165, 1.54) is 37.3 Å². The Morgan fingerprint density at radius 1 is 0.951 bits per heavy atom. The summed E-state index contributed by atoms with van der Waals surface area (Å²) in [5.74, 6) is -0.203. The number of nitrogens with zero attached hydrogens (tertiary/aromatic N) is 2. The van der Waals surface area contributed by atoms with E-state index in [4.69, 9.17) is 21.1 Å². The quantitative estimate of drug-likeness (QED) is 0.302. The molecule has 3 rings (SSSR count). The zero-order valence-corrected chi connectivity index (χ0v) is 25.5. The summed E-state index contributed by atoms with van der Waals surface area (Å²) in [5.41, 5.74) is 1.82. The summed E-state index contributed by atoms with van der Waals surface area (Å²) in [5, 5.41) is 3.35. The SMILES string of the molecule is CCCNC(=O)C(C)N(Cc1ccc(Cl)cc1)C(=O)CN(c1ccc(OC)c(OC)c1)S(=O)(=O)c1ccc(C)cc1. The van der Waals surface area contributed by atoms with Gasteiger partial charge in [0.1, 0.15) is 12.6 Å². The second-order valence-electron chi connectivity index (χ2n) is 9.48. The van der Waals surface area contributed by atoms with Gasteiger partial charge in [0.05, 0.1) is 24.8 Å². The van der Waals surface area contributed by atoms with Crippen LogP contribution in [0.5, 0.6) is 11.5 Å². The maximum atomic E-state index is 14.0. The number of ether oxygens (including phenoxy) is 2. The molecule has 0 fully saturated rings. The maximum absolute atomic E-state index is 14.0. The van der Waals surface area contributed by atoms with Gasteiger partial charge in [-0.25, -0.2) is 8.42 Å². The van der Waals surface area contributed by atoms with Crippen molar-refractivity contribution < 1.29 is 27.5 Å². The Kier molecular flexibility index (Phi) is 11.0. The lowest BCUT2D eigenvalue weighted by atomic mass is 10.1. The van der Waals surface area contributed by atoms with Crippen molar-refractivity contribution in [2.45, 2.75) is 44.7 Å². The number of rotatable bonds is 13. The number of nitrogens with one attached hydrogen (secondary N) is 1. The molecule has 11 heteroatoms. The molecule has 1 N–H and O–H groups in total. The summed E-state index contributed by atoms with van der Waals surface area (Å²) in [4.78, 5) is 28.3. The predicted octanol–water partition coefficient (Wildman–Crippen LogP) is 4.80. The van der Waals surface area contributed by atoms with Gasteiger partial charge in [-0.2, -0.15) is 0 Å². The van der Waals surface area contributed by atoms with Crippen molar-refractivity contribution >= 4 is 39.1 Å². The summed E-state index contributed by atoms with van der Waals surface area (Å²) in [7, 11) is -1.30. The molecule has 0 bridgehead atoms. The highest BCUT2D eigenvalue weighted by Crippen LogP contribution is 2.34. The van der Waals surface area contributed by atoms with Gasteiger partial charge in [0.15, 0.2) is 11.5 Å². The fourth-order valence-corrected chi connectivity index (χ4v) is 5.64. The summed E-state index contributed by atoms with van der Waals surface area (Å²) in [6.45, 7) is 5.36. The zero-order chi connectivity index (χ0) is 30.2. The van der Waals surface area contributed by atoms with Crippen molar-refractivity contribution in [1.82, 2.24) is 10.2 Å². The van der Waals surface area contributed by atoms with Gasteiger partial charge >= 0.3 is 0 Å². The van der Waals surface area contributed by atoms with Crippen molar-refractivity contribution in [2.75, 3.05) is 31.6 Å². The van der Waals surface area contributed by atoms with Crippen LogP contribution in [0.25, 0.3) is 0 Å². The number of sulfonamides is 1. The minimum Gasteiger partial charge on any atom is -0.493 e. The topological polar surface area (TPSA) is 105 Å². The van der Waals surface area contributed by atoms with Gasteiger partial charge in [0, 0.05) is 24.2 Å². The van der Waals surface area contributed by atoms with Crippen LogP contribution in [0.2, 0.25) is 5.02 Å². The Bertz CT molecular complexity index is 1450. The number of amides is 2. The van der Waals surface area contributed by atoms with Gasteiger partial charge in [0.2, 0.25) is 11.8 Å². The lowest BCUT2D eigenvalue weighted by Gasteiger charge is -2.32. The molecular formula is C30H36ClN3O6S. The number of anilines is 1. The van der Waals surface area contributed by atoms with E-state index in [-0.39, 0.29) is 23.0 Å². The molecule has 0 heterocycles. The summed E-state index contributed by atoms with van der Waals surface area (Å²) in [6.07, 6.45) is 0.728. The molecule has 0 saturated heterocycles. The van der Waals surface area contributed by atoms with Crippen molar-refractivity contribution in [1.29, 1.82) is 0 Å². The van der Waals surface area contributed by atoms with E-state index in [9.17, 15) is 18.0 Å². The molecule has 0 aromatic heterocycles. The fourth-order valence-electron chi connectivity index (χ4n) is 4.11. The Balaban J connectivity index is 2.07. The summed E-state index contributed by atoms with van der Waals surface area (Å²) < 4.78 is 39.7. The van der Waals surface area contributed by atoms with Crippen molar-refractivity contribution in [3.8, 4) is 11.5 Å². The molecule has 9 nitrogen and oxygen atoms in total. The van der Waals surface area contributed by atoms with E-state index in [2.05, 4.69) is 5.32 Å². The van der Waals surface area contributed by atoms with E-state index in [0.29, 0.717) is 23.1 Å². The van der Waals surface area contributed by atoms with E-state index < -0.39 is 28.5 Å².